The van der Waals surface area contributed by atoms with Gasteiger partial charge in [0.2, 0.25) is 5.91 Å². The van der Waals surface area contributed by atoms with E-state index in [2.05, 4.69) is 70.9 Å². The molecule has 2 heterocycles. The molecule has 1 atom stereocenters. The standard InChI is InChI=1S/C33H34N2O3S.C2HF3O2/c36-27-14-11-25(22-27)33(37)34-26-12-9-24(10-13-26)32-30(29-5-1-2-6-31(29)39-32)21-23-7-15-28(16-8-23)38-20-19-35-17-3-4-18-35;3-2(4,5)1(6)7/h1-2,5-10,12-13,15-16,25H,3-4,11,14,17-22H2,(H,34,37);(H,6,7). The Labute approximate surface area is 269 Å². The number of likely N-dealkylation sites (tertiary alicyclic amines) is 1. The van der Waals surface area contributed by atoms with Crippen molar-refractivity contribution in [3.8, 4) is 16.2 Å². The molecule has 2 aliphatic rings. The smallest absolute Gasteiger partial charge is 0.490 e. The van der Waals surface area contributed by atoms with E-state index in [9.17, 15) is 22.8 Å². The van der Waals surface area contributed by atoms with Crippen LogP contribution >= 0.6 is 11.3 Å². The minimum Gasteiger partial charge on any atom is -0.492 e. The zero-order valence-corrected chi connectivity index (χ0v) is 26.0. The van der Waals surface area contributed by atoms with Crippen molar-refractivity contribution in [2.45, 2.75) is 44.7 Å². The number of carboxylic acids is 1. The molecule has 11 heteroatoms. The van der Waals surface area contributed by atoms with E-state index in [1.807, 2.05) is 23.5 Å². The van der Waals surface area contributed by atoms with Crippen molar-refractivity contribution in [3.05, 3.63) is 83.9 Å². The molecule has 1 saturated heterocycles. The topological polar surface area (TPSA) is 95.9 Å². The van der Waals surface area contributed by atoms with Crippen molar-refractivity contribution in [3.63, 3.8) is 0 Å². The monoisotopic (exact) mass is 652 g/mol. The van der Waals surface area contributed by atoms with Crippen LogP contribution in [0.4, 0.5) is 18.9 Å². The van der Waals surface area contributed by atoms with Crippen molar-refractivity contribution < 1.29 is 37.4 Å². The molecule has 3 aromatic carbocycles. The molecule has 1 amide bonds. The number of Topliss-reactive ketones (excluding diaryl/α,β-unsaturated/α-hetero) is 1. The summed E-state index contributed by atoms with van der Waals surface area (Å²) in [5, 5.41) is 11.4. The molecule has 4 aromatic rings. The van der Waals surface area contributed by atoms with Crippen LogP contribution in [0.25, 0.3) is 20.5 Å². The fraction of sp³-hybridized carbons (Fsp3) is 0.343. The van der Waals surface area contributed by atoms with Gasteiger partial charge in [0.25, 0.3) is 0 Å². The van der Waals surface area contributed by atoms with Crippen LogP contribution in [0, 0.1) is 5.92 Å². The summed E-state index contributed by atoms with van der Waals surface area (Å²) in [6.45, 7) is 4.11. The highest BCUT2D eigenvalue weighted by atomic mass is 32.1. The Bertz CT molecular complexity index is 1660. The maximum absolute atomic E-state index is 12.6. The van der Waals surface area contributed by atoms with Crippen molar-refractivity contribution >= 4 is 44.8 Å². The number of halogens is 3. The lowest BCUT2D eigenvalue weighted by atomic mass is 9.99. The summed E-state index contributed by atoms with van der Waals surface area (Å²) in [6, 6.07) is 25.2. The molecule has 7 nitrogen and oxygen atoms in total. The Morgan fingerprint density at radius 1 is 0.978 bits per heavy atom. The number of hydrogen-bond donors (Lipinski definition) is 2. The molecule has 46 heavy (non-hydrogen) atoms. The third-order valence-electron chi connectivity index (χ3n) is 8.15. The molecule has 1 unspecified atom stereocenters. The van der Waals surface area contributed by atoms with Crippen LogP contribution in [0.15, 0.2) is 72.8 Å². The molecule has 6 rings (SSSR count). The molecule has 2 fully saturated rings. The highest BCUT2D eigenvalue weighted by Gasteiger charge is 2.38. The second-order valence-electron chi connectivity index (χ2n) is 11.5. The Hall–Kier alpha value is -4.22. The number of carboxylic acid groups (broad SMARTS) is 1. The van der Waals surface area contributed by atoms with Crippen LogP contribution in [0.2, 0.25) is 0 Å². The van der Waals surface area contributed by atoms with Gasteiger partial charge in [-0.25, -0.2) is 4.79 Å². The Morgan fingerprint density at radius 2 is 1.65 bits per heavy atom. The SMILES string of the molecule is O=C(O)C(F)(F)F.O=C1CCC(C(=O)Nc2ccc(-c3sc4ccccc4c3Cc3ccc(OCCN4CCCC4)cc3)cc2)C1. The number of alkyl halides is 3. The summed E-state index contributed by atoms with van der Waals surface area (Å²) in [5.74, 6) is -1.91. The first-order valence-corrected chi connectivity index (χ1v) is 16.1. The number of hydrogen-bond acceptors (Lipinski definition) is 6. The summed E-state index contributed by atoms with van der Waals surface area (Å²) < 4.78 is 39.0. The number of fused-ring (bicyclic) bond motifs is 1. The molecule has 0 radical (unpaired) electrons. The third kappa shape index (κ3) is 8.73. The quantitative estimate of drug-likeness (QED) is 0.194. The zero-order valence-electron chi connectivity index (χ0n) is 25.1. The van der Waals surface area contributed by atoms with E-state index in [0.717, 1.165) is 36.6 Å². The van der Waals surface area contributed by atoms with E-state index in [1.165, 1.54) is 52.0 Å². The summed E-state index contributed by atoms with van der Waals surface area (Å²) in [5.41, 5.74) is 4.48. The van der Waals surface area contributed by atoms with E-state index < -0.39 is 12.1 Å². The van der Waals surface area contributed by atoms with Gasteiger partial charge in [-0.05, 0) is 91.2 Å². The molecule has 1 aliphatic carbocycles. The molecule has 1 aromatic heterocycles. The van der Waals surface area contributed by atoms with Gasteiger partial charge in [-0.2, -0.15) is 13.2 Å². The summed E-state index contributed by atoms with van der Waals surface area (Å²) in [6.07, 6.45) is -0.112. The number of ketones is 1. The Kier molecular flexibility index (Phi) is 10.7. The van der Waals surface area contributed by atoms with Crippen molar-refractivity contribution in [2.24, 2.45) is 5.92 Å². The van der Waals surface area contributed by atoms with Gasteiger partial charge in [-0.1, -0.05) is 42.5 Å². The maximum atomic E-state index is 12.6. The molecule has 2 N–H and O–H groups in total. The van der Waals surface area contributed by atoms with Crippen molar-refractivity contribution in [1.29, 1.82) is 0 Å². The van der Waals surface area contributed by atoms with Crippen LogP contribution < -0.4 is 10.1 Å². The molecule has 1 aliphatic heterocycles. The Morgan fingerprint density at radius 3 is 2.28 bits per heavy atom. The molecule has 0 spiro atoms. The van der Waals surface area contributed by atoms with Gasteiger partial charge in [-0.3, -0.25) is 14.5 Å². The largest absolute Gasteiger partial charge is 0.492 e. The normalized spacial score (nSPS) is 16.7. The number of carbonyl (C=O) groups excluding carboxylic acids is 2. The van der Waals surface area contributed by atoms with Crippen LogP contribution in [-0.2, 0) is 20.8 Å². The highest BCUT2D eigenvalue weighted by molar-refractivity contribution is 7.22. The maximum Gasteiger partial charge on any atom is 0.490 e. The van der Waals surface area contributed by atoms with Gasteiger partial charge in [0.05, 0.1) is 0 Å². The van der Waals surface area contributed by atoms with Gasteiger partial charge in [0.15, 0.2) is 0 Å². The molecular weight excluding hydrogens is 617 g/mol. The first-order chi connectivity index (χ1) is 22.1. The van der Waals surface area contributed by atoms with Gasteiger partial charge in [-0.15, -0.1) is 11.3 Å². The lowest BCUT2D eigenvalue weighted by Gasteiger charge is -2.15. The minimum absolute atomic E-state index is 0.0559. The number of aliphatic carboxylic acids is 1. The number of ether oxygens (including phenoxy) is 1. The molecular formula is C35H35F3N2O5S. The molecule has 1 saturated carbocycles. The van der Waals surface area contributed by atoms with Crippen LogP contribution in [0.5, 0.6) is 5.75 Å². The predicted molar refractivity (Wildman–Crippen MR) is 172 cm³/mol. The first-order valence-electron chi connectivity index (χ1n) is 15.2. The van der Waals surface area contributed by atoms with Gasteiger partial charge >= 0.3 is 12.1 Å². The zero-order chi connectivity index (χ0) is 32.7. The second-order valence-corrected chi connectivity index (χ2v) is 12.5. The summed E-state index contributed by atoms with van der Waals surface area (Å²) in [7, 11) is 0. The van der Waals surface area contributed by atoms with Crippen LogP contribution in [-0.4, -0.2) is 60.1 Å². The van der Waals surface area contributed by atoms with Gasteiger partial charge in [0.1, 0.15) is 18.1 Å². The first kappa shape index (κ1) is 33.2. The molecule has 242 valence electrons. The lowest BCUT2D eigenvalue weighted by molar-refractivity contribution is -0.192. The average Bonchev–Trinajstić information content (AvgIpc) is 3.79. The van der Waals surface area contributed by atoms with Crippen LogP contribution in [0.3, 0.4) is 0 Å². The molecule has 0 bridgehead atoms. The fourth-order valence-electron chi connectivity index (χ4n) is 5.70. The van der Waals surface area contributed by atoms with Crippen molar-refractivity contribution in [2.75, 3.05) is 31.6 Å². The number of thiophene rings is 1. The van der Waals surface area contributed by atoms with E-state index >= 15 is 0 Å². The van der Waals surface area contributed by atoms with Gasteiger partial charge < -0.3 is 15.2 Å². The number of amides is 1. The fourth-order valence-corrected chi connectivity index (χ4v) is 6.93. The summed E-state index contributed by atoms with van der Waals surface area (Å²) in [4.78, 5) is 36.7. The van der Waals surface area contributed by atoms with Crippen LogP contribution in [0.1, 0.15) is 43.2 Å². The number of benzene rings is 3. The van der Waals surface area contributed by atoms with E-state index in [0.29, 0.717) is 19.3 Å². The second kappa shape index (κ2) is 14.9. The number of nitrogens with one attached hydrogen (secondary N) is 1. The van der Waals surface area contributed by atoms with E-state index in [4.69, 9.17) is 14.6 Å². The highest BCUT2D eigenvalue weighted by Crippen LogP contribution is 2.40. The number of rotatable bonds is 9. The lowest BCUT2D eigenvalue weighted by Crippen LogP contribution is -2.25. The number of anilines is 1. The predicted octanol–water partition coefficient (Wildman–Crippen LogP) is 7.57. The van der Waals surface area contributed by atoms with E-state index in [1.54, 1.807) is 0 Å². The number of carbonyl (C=O) groups is 3. The minimum atomic E-state index is -5.08. The van der Waals surface area contributed by atoms with Crippen molar-refractivity contribution in [1.82, 2.24) is 4.90 Å². The third-order valence-corrected chi connectivity index (χ3v) is 9.41. The Balaban J connectivity index is 0.000000537. The average molecular weight is 653 g/mol. The van der Waals surface area contributed by atoms with E-state index in [-0.39, 0.29) is 17.6 Å². The van der Waals surface area contributed by atoms with Gasteiger partial charge in [0, 0.05) is 40.6 Å². The summed E-state index contributed by atoms with van der Waals surface area (Å²) >= 11 is 1.81. The number of nitrogens with zero attached hydrogens (tertiary/aromatic N) is 1.